The van der Waals surface area contributed by atoms with Crippen LogP contribution in [0.15, 0.2) is 75.2 Å². The number of hydrogen-bond acceptors (Lipinski definition) is 6. The molecule has 2 heterocycles. The van der Waals surface area contributed by atoms with Crippen molar-refractivity contribution in [1.82, 2.24) is 19.1 Å². The number of aryl methyl sites for hydroxylation is 1. The molecule has 0 aliphatic rings. The van der Waals surface area contributed by atoms with Gasteiger partial charge in [-0.05, 0) is 43.2 Å². The van der Waals surface area contributed by atoms with Gasteiger partial charge in [-0.3, -0.25) is 9.55 Å². The van der Waals surface area contributed by atoms with E-state index in [-0.39, 0.29) is 41.1 Å². The molecular formula is C26H24ClN5O5. The Balaban J connectivity index is 1.74. The van der Waals surface area contributed by atoms with E-state index in [2.05, 4.69) is 15.0 Å². The Hall–Kier alpha value is -4.44. The van der Waals surface area contributed by atoms with Crippen LogP contribution in [-0.4, -0.2) is 30.2 Å². The first-order valence-electron chi connectivity index (χ1n) is 11.5. The first kappa shape index (κ1) is 25.6. The van der Waals surface area contributed by atoms with Gasteiger partial charge in [-0.15, -0.1) is 0 Å². The van der Waals surface area contributed by atoms with Crippen LogP contribution in [0.25, 0.3) is 0 Å². The summed E-state index contributed by atoms with van der Waals surface area (Å²) in [6, 6.07) is 16.7. The summed E-state index contributed by atoms with van der Waals surface area (Å²) in [6.07, 6.45) is 0.616. The third-order valence-electron chi connectivity index (χ3n) is 5.40. The molecule has 2 aromatic carbocycles. The number of nitrogens with one attached hydrogen (secondary N) is 1. The van der Waals surface area contributed by atoms with Gasteiger partial charge in [0.15, 0.2) is 5.69 Å². The maximum atomic E-state index is 13.2. The van der Waals surface area contributed by atoms with Crippen LogP contribution >= 0.6 is 11.6 Å². The van der Waals surface area contributed by atoms with Crippen molar-refractivity contribution in [2.24, 2.45) is 4.99 Å². The maximum Gasteiger partial charge on any atom is 0.354 e. The topological polar surface area (TPSA) is 132 Å². The number of carboxylic acids is 1. The van der Waals surface area contributed by atoms with Crippen LogP contribution < -0.4 is 21.7 Å². The molecule has 4 rings (SSSR count). The van der Waals surface area contributed by atoms with Crippen molar-refractivity contribution >= 4 is 23.3 Å². The molecule has 0 radical (unpaired) electrons. The molecule has 37 heavy (non-hydrogen) atoms. The SMILES string of the molecule is CCCn1c(=O)[nH]/c(=N\c2ccc(Oc3cccc(C(=O)O)n3)c(Cl)c2)n(Cc2ccc(C)cc2)c1=O. The molecule has 190 valence electrons. The average molecular weight is 522 g/mol. The lowest BCUT2D eigenvalue weighted by Crippen LogP contribution is -2.50. The van der Waals surface area contributed by atoms with Crippen molar-refractivity contribution < 1.29 is 14.6 Å². The molecule has 11 heteroatoms. The van der Waals surface area contributed by atoms with Gasteiger partial charge < -0.3 is 9.84 Å². The van der Waals surface area contributed by atoms with Gasteiger partial charge in [0, 0.05) is 12.6 Å². The Labute approximate surface area is 216 Å². The predicted molar refractivity (Wildman–Crippen MR) is 138 cm³/mol. The first-order valence-corrected chi connectivity index (χ1v) is 11.8. The van der Waals surface area contributed by atoms with E-state index in [0.717, 1.165) is 15.7 Å². The Morgan fingerprint density at radius 2 is 1.86 bits per heavy atom. The fourth-order valence-corrected chi connectivity index (χ4v) is 3.76. The molecule has 0 aliphatic heterocycles. The van der Waals surface area contributed by atoms with Crippen molar-refractivity contribution in [1.29, 1.82) is 0 Å². The number of aromatic amines is 1. The molecule has 0 amide bonds. The summed E-state index contributed by atoms with van der Waals surface area (Å²) >= 11 is 6.39. The number of aromatic carboxylic acids is 1. The maximum absolute atomic E-state index is 13.2. The molecule has 0 fully saturated rings. The van der Waals surface area contributed by atoms with Crippen LogP contribution in [0.1, 0.15) is 35.0 Å². The van der Waals surface area contributed by atoms with Gasteiger partial charge in [0.25, 0.3) is 0 Å². The van der Waals surface area contributed by atoms with E-state index in [1.54, 1.807) is 6.07 Å². The van der Waals surface area contributed by atoms with E-state index >= 15 is 0 Å². The van der Waals surface area contributed by atoms with Gasteiger partial charge in [-0.2, -0.15) is 0 Å². The van der Waals surface area contributed by atoms with E-state index in [0.29, 0.717) is 12.1 Å². The molecule has 10 nitrogen and oxygen atoms in total. The lowest BCUT2D eigenvalue weighted by molar-refractivity contribution is 0.0689. The summed E-state index contributed by atoms with van der Waals surface area (Å²) in [5.41, 5.74) is 1.21. The highest BCUT2D eigenvalue weighted by atomic mass is 35.5. The third-order valence-corrected chi connectivity index (χ3v) is 5.69. The van der Waals surface area contributed by atoms with Crippen LogP contribution in [0.5, 0.6) is 11.6 Å². The number of ether oxygens (including phenoxy) is 1. The average Bonchev–Trinajstić information content (AvgIpc) is 2.87. The lowest BCUT2D eigenvalue weighted by atomic mass is 10.1. The third kappa shape index (κ3) is 6.04. The molecule has 0 aliphatic carbocycles. The number of hydrogen-bond donors (Lipinski definition) is 2. The zero-order chi connectivity index (χ0) is 26.5. The Morgan fingerprint density at radius 3 is 2.54 bits per heavy atom. The van der Waals surface area contributed by atoms with E-state index in [4.69, 9.17) is 21.4 Å². The Bertz CT molecular complexity index is 1640. The fourth-order valence-electron chi connectivity index (χ4n) is 3.55. The highest BCUT2D eigenvalue weighted by Crippen LogP contribution is 2.31. The number of carbonyl (C=O) groups is 1. The number of aromatic nitrogens is 4. The highest BCUT2D eigenvalue weighted by molar-refractivity contribution is 6.32. The monoisotopic (exact) mass is 521 g/mol. The second-order valence-electron chi connectivity index (χ2n) is 8.25. The molecular weight excluding hydrogens is 498 g/mol. The minimum Gasteiger partial charge on any atom is -0.477 e. The number of H-pyrrole nitrogens is 1. The van der Waals surface area contributed by atoms with Crippen molar-refractivity contribution in [3.05, 3.63) is 109 Å². The fraction of sp³-hybridized carbons (Fsp3) is 0.192. The minimum absolute atomic E-state index is 0.0614. The second-order valence-corrected chi connectivity index (χ2v) is 8.66. The van der Waals surface area contributed by atoms with Gasteiger partial charge in [-0.25, -0.2) is 28.9 Å². The van der Waals surface area contributed by atoms with Crippen molar-refractivity contribution in [2.45, 2.75) is 33.4 Å². The van der Waals surface area contributed by atoms with Crippen LogP contribution in [0.3, 0.4) is 0 Å². The summed E-state index contributed by atoms with van der Waals surface area (Å²) in [5, 5.41) is 9.29. The van der Waals surface area contributed by atoms with Gasteiger partial charge >= 0.3 is 17.3 Å². The van der Waals surface area contributed by atoms with Crippen LogP contribution in [0, 0.1) is 6.92 Å². The number of pyridine rings is 1. The molecule has 0 saturated carbocycles. The normalized spacial score (nSPS) is 11.5. The van der Waals surface area contributed by atoms with Crippen LogP contribution in [-0.2, 0) is 13.1 Å². The molecule has 0 bridgehead atoms. The first-order chi connectivity index (χ1) is 17.7. The quantitative estimate of drug-likeness (QED) is 0.362. The van der Waals surface area contributed by atoms with Gasteiger partial charge in [0.2, 0.25) is 11.5 Å². The smallest absolute Gasteiger partial charge is 0.354 e. The summed E-state index contributed by atoms with van der Waals surface area (Å²) in [5.74, 6) is -0.888. The minimum atomic E-state index is -1.18. The van der Waals surface area contributed by atoms with E-state index in [1.807, 2.05) is 38.1 Å². The Morgan fingerprint density at radius 1 is 1.11 bits per heavy atom. The van der Waals surface area contributed by atoms with Crippen molar-refractivity contribution in [3.8, 4) is 11.6 Å². The lowest BCUT2D eigenvalue weighted by Gasteiger charge is -2.11. The van der Waals surface area contributed by atoms with Crippen molar-refractivity contribution in [3.63, 3.8) is 0 Å². The Kier molecular flexibility index (Phi) is 7.69. The molecule has 2 aromatic heterocycles. The predicted octanol–water partition coefficient (Wildman–Crippen LogP) is 3.88. The summed E-state index contributed by atoms with van der Waals surface area (Å²) < 4.78 is 8.19. The van der Waals surface area contributed by atoms with Crippen LogP contribution in [0.2, 0.25) is 5.02 Å². The molecule has 4 aromatic rings. The number of nitrogens with zero attached hydrogens (tertiary/aromatic N) is 4. The van der Waals surface area contributed by atoms with Gasteiger partial charge in [-0.1, -0.05) is 54.4 Å². The number of rotatable bonds is 8. The highest BCUT2D eigenvalue weighted by Gasteiger charge is 2.12. The molecule has 0 atom stereocenters. The molecule has 0 unspecified atom stereocenters. The molecule has 0 saturated heterocycles. The van der Waals surface area contributed by atoms with Gasteiger partial charge in [0.05, 0.1) is 17.3 Å². The second kappa shape index (κ2) is 11.1. The largest absolute Gasteiger partial charge is 0.477 e. The summed E-state index contributed by atoms with van der Waals surface area (Å²) in [4.78, 5) is 48.1. The molecule has 0 spiro atoms. The zero-order valence-electron chi connectivity index (χ0n) is 20.1. The zero-order valence-corrected chi connectivity index (χ0v) is 20.9. The summed E-state index contributed by atoms with van der Waals surface area (Å²) in [7, 11) is 0. The standard InChI is InChI=1S/C26H24ClN5O5/c1-3-13-31-25(35)30-24(32(26(31)36)15-17-9-7-16(2)8-10-17)28-18-11-12-21(19(27)14-18)37-22-6-4-5-20(29-22)23(33)34/h4-12,14H,3,13,15H2,1-2H3,(H,33,34)(H,28,30,35). The number of halogens is 1. The summed E-state index contributed by atoms with van der Waals surface area (Å²) in [6.45, 7) is 4.34. The van der Waals surface area contributed by atoms with E-state index < -0.39 is 17.3 Å². The van der Waals surface area contributed by atoms with E-state index in [1.165, 1.54) is 34.9 Å². The van der Waals surface area contributed by atoms with Crippen molar-refractivity contribution in [2.75, 3.05) is 0 Å². The number of benzene rings is 2. The van der Waals surface area contributed by atoms with Gasteiger partial charge in [0.1, 0.15) is 5.75 Å². The van der Waals surface area contributed by atoms with E-state index in [9.17, 15) is 14.4 Å². The molecule has 2 N–H and O–H groups in total. The van der Waals surface area contributed by atoms with Crippen LogP contribution in [0.4, 0.5) is 5.69 Å². The number of carboxylic acid groups (broad SMARTS) is 1.